The van der Waals surface area contributed by atoms with Crippen molar-refractivity contribution in [2.24, 2.45) is 0 Å². The number of para-hydroxylation sites is 1. The molecule has 1 aromatic carbocycles. The fourth-order valence-electron chi connectivity index (χ4n) is 1.76. The molecule has 0 fully saturated rings. The summed E-state index contributed by atoms with van der Waals surface area (Å²) in [5.74, 6) is -0.205. The molecule has 2 amide bonds. The van der Waals surface area contributed by atoms with Gasteiger partial charge in [-0.25, -0.2) is 0 Å². The molecule has 0 aliphatic heterocycles. The summed E-state index contributed by atoms with van der Waals surface area (Å²) in [5.41, 5.74) is 2.88. The van der Waals surface area contributed by atoms with Crippen molar-refractivity contribution in [2.75, 3.05) is 18.9 Å². The molecule has 98 valence electrons. The number of anilines is 1. The predicted octanol–water partition coefficient (Wildman–Crippen LogP) is 2.11. The Labute approximate surface area is 108 Å². The number of amides is 2. The molecule has 0 saturated carbocycles. The molecule has 1 aromatic rings. The summed E-state index contributed by atoms with van der Waals surface area (Å²) in [6.07, 6.45) is 0.410. The first-order valence-corrected chi connectivity index (χ1v) is 6.05. The first kappa shape index (κ1) is 14.2. The third kappa shape index (κ3) is 3.58. The molecule has 0 radical (unpaired) electrons. The van der Waals surface area contributed by atoms with Crippen molar-refractivity contribution in [3.05, 3.63) is 29.3 Å². The number of rotatable bonds is 4. The smallest absolute Gasteiger partial charge is 0.243 e. The summed E-state index contributed by atoms with van der Waals surface area (Å²) in [4.78, 5) is 24.7. The van der Waals surface area contributed by atoms with E-state index in [4.69, 9.17) is 0 Å². The molecular formula is C14H20N2O2. The lowest BCUT2D eigenvalue weighted by atomic mass is 10.1. The quantitative estimate of drug-likeness (QED) is 0.887. The predicted molar refractivity (Wildman–Crippen MR) is 72.5 cm³/mol. The van der Waals surface area contributed by atoms with E-state index in [0.717, 1.165) is 16.8 Å². The second kappa shape index (κ2) is 6.19. The minimum absolute atomic E-state index is 0.0355. The molecule has 4 nitrogen and oxygen atoms in total. The van der Waals surface area contributed by atoms with Crippen LogP contribution in [0.1, 0.15) is 24.5 Å². The molecular weight excluding hydrogens is 228 g/mol. The molecule has 0 spiro atoms. The van der Waals surface area contributed by atoms with E-state index < -0.39 is 0 Å². The summed E-state index contributed by atoms with van der Waals surface area (Å²) in [6, 6.07) is 5.85. The Morgan fingerprint density at radius 1 is 1.22 bits per heavy atom. The van der Waals surface area contributed by atoms with Crippen LogP contribution in [-0.4, -0.2) is 30.3 Å². The summed E-state index contributed by atoms with van der Waals surface area (Å²) < 4.78 is 0. The summed E-state index contributed by atoms with van der Waals surface area (Å²) >= 11 is 0. The van der Waals surface area contributed by atoms with Gasteiger partial charge in [0.1, 0.15) is 0 Å². The summed E-state index contributed by atoms with van der Waals surface area (Å²) in [5, 5.41) is 2.86. The first-order chi connectivity index (χ1) is 8.45. The number of hydrogen-bond donors (Lipinski definition) is 1. The van der Waals surface area contributed by atoms with Gasteiger partial charge in [0.15, 0.2) is 0 Å². The van der Waals surface area contributed by atoms with E-state index in [0.29, 0.717) is 6.42 Å². The van der Waals surface area contributed by atoms with E-state index in [1.54, 1.807) is 14.0 Å². The third-order valence-corrected chi connectivity index (χ3v) is 2.85. The monoisotopic (exact) mass is 248 g/mol. The van der Waals surface area contributed by atoms with E-state index >= 15 is 0 Å². The van der Waals surface area contributed by atoms with Gasteiger partial charge in [0.25, 0.3) is 0 Å². The minimum atomic E-state index is -0.170. The average Bonchev–Trinajstić information content (AvgIpc) is 2.32. The maximum atomic E-state index is 11.8. The lowest BCUT2D eigenvalue weighted by molar-refractivity contribution is -0.133. The van der Waals surface area contributed by atoms with E-state index in [1.807, 2.05) is 32.0 Å². The molecule has 1 N–H and O–H groups in total. The second-order valence-corrected chi connectivity index (χ2v) is 4.42. The van der Waals surface area contributed by atoms with Gasteiger partial charge in [-0.1, -0.05) is 25.1 Å². The topological polar surface area (TPSA) is 49.4 Å². The van der Waals surface area contributed by atoms with Crippen LogP contribution in [0.25, 0.3) is 0 Å². The molecule has 4 heteroatoms. The number of hydrogen-bond acceptors (Lipinski definition) is 2. The lowest BCUT2D eigenvalue weighted by Gasteiger charge is -2.17. The number of carbonyl (C=O) groups is 2. The van der Waals surface area contributed by atoms with Crippen LogP contribution in [-0.2, 0) is 9.59 Å². The molecule has 0 aliphatic rings. The highest BCUT2D eigenvalue weighted by Gasteiger charge is 2.12. The van der Waals surface area contributed by atoms with Crippen LogP contribution in [0, 0.1) is 13.8 Å². The van der Waals surface area contributed by atoms with E-state index in [2.05, 4.69) is 5.32 Å². The highest BCUT2D eigenvalue weighted by atomic mass is 16.2. The third-order valence-electron chi connectivity index (χ3n) is 2.85. The molecule has 18 heavy (non-hydrogen) atoms. The largest absolute Gasteiger partial charge is 0.336 e. The van der Waals surface area contributed by atoms with E-state index in [1.165, 1.54) is 4.90 Å². The van der Waals surface area contributed by atoms with Crippen LogP contribution in [0.5, 0.6) is 0 Å². The van der Waals surface area contributed by atoms with Gasteiger partial charge in [-0.2, -0.15) is 0 Å². The van der Waals surface area contributed by atoms with Gasteiger partial charge in [-0.05, 0) is 25.0 Å². The van der Waals surface area contributed by atoms with Gasteiger partial charge in [0.2, 0.25) is 11.8 Å². The van der Waals surface area contributed by atoms with Crippen molar-refractivity contribution in [1.82, 2.24) is 4.90 Å². The number of likely N-dealkylation sites (N-methyl/N-ethyl adjacent to an activating group) is 1. The Balaban J connectivity index is 2.68. The van der Waals surface area contributed by atoms with Crippen LogP contribution in [0.2, 0.25) is 0 Å². The van der Waals surface area contributed by atoms with Gasteiger partial charge in [-0.15, -0.1) is 0 Å². The SMILES string of the molecule is CCC(=O)N(C)CC(=O)Nc1c(C)cccc1C. The van der Waals surface area contributed by atoms with Crippen molar-refractivity contribution in [1.29, 1.82) is 0 Å². The van der Waals surface area contributed by atoms with Crippen LogP contribution in [0.15, 0.2) is 18.2 Å². The van der Waals surface area contributed by atoms with Crippen molar-refractivity contribution in [3.63, 3.8) is 0 Å². The lowest BCUT2D eigenvalue weighted by Crippen LogP contribution is -2.34. The highest BCUT2D eigenvalue weighted by molar-refractivity contribution is 5.95. The Morgan fingerprint density at radius 2 is 1.78 bits per heavy atom. The fraction of sp³-hybridized carbons (Fsp3) is 0.429. The Hall–Kier alpha value is -1.84. The van der Waals surface area contributed by atoms with Crippen molar-refractivity contribution < 1.29 is 9.59 Å². The number of aryl methyl sites for hydroxylation is 2. The number of nitrogens with one attached hydrogen (secondary N) is 1. The van der Waals surface area contributed by atoms with E-state index in [9.17, 15) is 9.59 Å². The zero-order chi connectivity index (χ0) is 13.7. The van der Waals surface area contributed by atoms with Crippen LogP contribution in [0.3, 0.4) is 0 Å². The molecule has 0 aromatic heterocycles. The van der Waals surface area contributed by atoms with Crippen LogP contribution < -0.4 is 5.32 Å². The highest BCUT2D eigenvalue weighted by Crippen LogP contribution is 2.19. The van der Waals surface area contributed by atoms with Gasteiger partial charge >= 0.3 is 0 Å². The zero-order valence-corrected chi connectivity index (χ0v) is 11.4. The molecule has 0 atom stereocenters. The molecule has 0 heterocycles. The Morgan fingerprint density at radius 3 is 2.28 bits per heavy atom. The average molecular weight is 248 g/mol. The van der Waals surface area contributed by atoms with Gasteiger partial charge in [0, 0.05) is 19.2 Å². The van der Waals surface area contributed by atoms with Crippen molar-refractivity contribution in [3.8, 4) is 0 Å². The number of benzene rings is 1. The zero-order valence-electron chi connectivity index (χ0n) is 11.4. The maximum Gasteiger partial charge on any atom is 0.243 e. The number of nitrogens with zero attached hydrogens (tertiary/aromatic N) is 1. The van der Waals surface area contributed by atoms with Crippen molar-refractivity contribution >= 4 is 17.5 Å². The second-order valence-electron chi connectivity index (χ2n) is 4.42. The van der Waals surface area contributed by atoms with Crippen molar-refractivity contribution in [2.45, 2.75) is 27.2 Å². The summed E-state index contributed by atoms with van der Waals surface area (Å²) in [6.45, 7) is 5.76. The maximum absolute atomic E-state index is 11.8. The van der Waals surface area contributed by atoms with Gasteiger partial charge in [-0.3, -0.25) is 9.59 Å². The Kier molecular flexibility index (Phi) is 4.89. The molecule has 1 rings (SSSR count). The van der Waals surface area contributed by atoms with E-state index in [-0.39, 0.29) is 18.4 Å². The van der Waals surface area contributed by atoms with Crippen LogP contribution in [0.4, 0.5) is 5.69 Å². The molecule has 0 unspecified atom stereocenters. The standard InChI is InChI=1S/C14H20N2O2/c1-5-13(18)16(4)9-12(17)15-14-10(2)7-6-8-11(14)3/h6-8H,5,9H2,1-4H3,(H,15,17). The number of carbonyl (C=O) groups excluding carboxylic acids is 2. The minimum Gasteiger partial charge on any atom is -0.336 e. The van der Waals surface area contributed by atoms with Gasteiger partial charge < -0.3 is 10.2 Å². The first-order valence-electron chi connectivity index (χ1n) is 6.05. The Bertz CT molecular complexity index is 435. The fourth-order valence-corrected chi connectivity index (χ4v) is 1.76. The van der Waals surface area contributed by atoms with Crippen LogP contribution >= 0.6 is 0 Å². The molecule has 0 aliphatic carbocycles. The van der Waals surface area contributed by atoms with Gasteiger partial charge in [0.05, 0.1) is 6.54 Å². The molecule has 0 saturated heterocycles. The summed E-state index contributed by atoms with van der Waals surface area (Å²) in [7, 11) is 1.64. The normalized spacial score (nSPS) is 10.0. The molecule has 0 bridgehead atoms.